The van der Waals surface area contributed by atoms with E-state index in [1.54, 1.807) is 6.08 Å². The van der Waals surface area contributed by atoms with Crippen molar-refractivity contribution in [3.8, 4) is 0 Å². The molecule has 0 unspecified atom stereocenters. The number of aryl methyl sites for hydroxylation is 1. The first kappa shape index (κ1) is 12.8. The molecule has 18 heavy (non-hydrogen) atoms. The Labute approximate surface area is 105 Å². The Bertz CT molecular complexity index is 601. The lowest BCUT2D eigenvalue weighted by atomic mass is 10.3. The molecule has 1 aliphatic rings. The number of aromatic carboxylic acids is 1. The van der Waals surface area contributed by atoms with E-state index in [0.29, 0.717) is 19.5 Å². The molecule has 0 saturated heterocycles. The normalized spacial score (nSPS) is 16.9. The van der Waals surface area contributed by atoms with Gasteiger partial charge in [-0.25, -0.2) is 13.2 Å². The Hall–Kier alpha value is -1.60. The van der Waals surface area contributed by atoms with Gasteiger partial charge in [0.25, 0.3) is 0 Å². The van der Waals surface area contributed by atoms with Crippen molar-refractivity contribution in [2.75, 3.05) is 13.1 Å². The average molecular weight is 270 g/mol. The maximum absolute atomic E-state index is 12.3. The zero-order valence-electron chi connectivity index (χ0n) is 9.91. The van der Waals surface area contributed by atoms with Gasteiger partial charge in [0.1, 0.15) is 10.6 Å². The van der Waals surface area contributed by atoms with Crippen molar-refractivity contribution in [1.29, 1.82) is 0 Å². The Balaban J connectivity index is 2.38. The lowest BCUT2D eigenvalue weighted by Crippen LogP contribution is -2.33. The number of carboxylic acid groups (broad SMARTS) is 1. The maximum atomic E-state index is 12.3. The first-order valence-corrected chi connectivity index (χ1v) is 6.92. The van der Waals surface area contributed by atoms with Crippen LogP contribution in [0.5, 0.6) is 0 Å². The Morgan fingerprint density at radius 2 is 2.11 bits per heavy atom. The molecule has 0 radical (unpaired) electrons. The average Bonchev–Trinajstić information content (AvgIpc) is 2.73. The van der Waals surface area contributed by atoms with Crippen LogP contribution in [0, 0.1) is 0 Å². The van der Waals surface area contributed by atoms with E-state index < -0.39 is 16.0 Å². The molecule has 6 nitrogen and oxygen atoms in total. The Morgan fingerprint density at radius 3 is 2.61 bits per heavy atom. The van der Waals surface area contributed by atoms with Crippen LogP contribution in [0.4, 0.5) is 0 Å². The summed E-state index contributed by atoms with van der Waals surface area (Å²) in [4.78, 5) is 10.9. The van der Waals surface area contributed by atoms with Crippen LogP contribution < -0.4 is 0 Å². The fourth-order valence-corrected chi connectivity index (χ4v) is 3.35. The predicted molar refractivity (Wildman–Crippen MR) is 64.9 cm³/mol. The third-order valence-corrected chi connectivity index (χ3v) is 4.69. The van der Waals surface area contributed by atoms with E-state index >= 15 is 0 Å². The third-order valence-electron chi connectivity index (χ3n) is 2.86. The largest absolute Gasteiger partial charge is 0.477 e. The zero-order valence-corrected chi connectivity index (χ0v) is 10.7. The number of carboxylic acids is 1. The van der Waals surface area contributed by atoms with Crippen LogP contribution in [0.15, 0.2) is 29.3 Å². The number of sulfonamides is 1. The molecule has 0 spiro atoms. The highest BCUT2D eigenvalue weighted by Crippen LogP contribution is 2.20. The quantitative estimate of drug-likeness (QED) is 0.819. The molecule has 0 saturated carbocycles. The summed E-state index contributed by atoms with van der Waals surface area (Å²) in [6.45, 7) is 0.760. The van der Waals surface area contributed by atoms with E-state index in [9.17, 15) is 13.2 Å². The molecular weight excluding hydrogens is 256 g/mol. The summed E-state index contributed by atoms with van der Waals surface area (Å²) in [6.07, 6.45) is 5.73. The molecule has 98 valence electrons. The summed E-state index contributed by atoms with van der Waals surface area (Å²) in [5.41, 5.74) is -0.0406. The highest BCUT2D eigenvalue weighted by atomic mass is 32.2. The summed E-state index contributed by atoms with van der Waals surface area (Å²) in [5.74, 6) is -1.14. The lowest BCUT2D eigenvalue weighted by molar-refractivity contribution is 0.0686. The van der Waals surface area contributed by atoms with Crippen LogP contribution in [0.2, 0.25) is 0 Å². The van der Waals surface area contributed by atoms with E-state index in [1.807, 2.05) is 6.08 Å². The van der Waals surface area contributed by atoms with Crippen LogP contribution in [0.3, 0.4) is 0 Å². The molecule has 0 bridgehead atoms. The molecule has 0 aliphatic carbocycles. The van der Waals surface area contributed by atoms with Crippen molar-refractivity contribution in [2.24, 2.45) is 7.05 Å². The number of carbonyl (C=O) groups is 1. The number of aromatic nitrogens is 1. The van der Waals surface area contributed by atoms with Crippen molar-refractivity contribution in [3.63, 3.8) is 0 Å². The summed E-state index contributed by atoms with van der Waals surface area (Å²) in [5, 5.41) is 8.91. The van der Waals surface area contributed by atoms with E-state index in [4.69, 9.17) is 5.11 Å². The second kappa shape index (κ2) is 4.58. The van der Waals surface area contributed by atoms with Gasteiger partial charge in [-0.3, -0.25) is 0 Å². The Kier molecular flexibility index (Phi) is 3.27. The number of rotatable bonds is 3. The molecule has 1 aliphatic heterocycles. The van der Waals surface area contributed by atoms with Crippen LogP contribution in [-0.2, 0) is 17.1 Å². The summed E-state index contributed by atoms with van der Waals surface area (Å²) < 4.78 is 27.2. The predicted octanol–water partition coefficient (Wildman–Crippen LogP) is 0.674. The molecule has 0 aromatic carbocycles. The topological polar surface area (TPSA) is 79.6 Å². The van der Waals surface area contributed by atoms with E-state index in [2.05, 4.69) is 0 Å². The number of hydrogen-bond donors (Lipinski definition) is 1. The van der Waals surface area contributed by atoms with E-state index in [-0.39, 0.29) is 10.6 Å². The van der Waals surface area contributed by atoms with Gasteiger partial charge in [0.05, 0.1) is 0 Å². The van der Waals surface area contributed by atoms with Crippen molar-refractivity contribution in [3.05, 3.63) is 30.1 Å². The van der Waals surface area contributed by atoms with Crippen molar-refractivity contribution in [1.82, 2.24) is 8.87 Å². The first-order valence-electron chi connectivity index (χ1n) is 5.48. The summed E-state index contributed by atoms with van der Waals surface area (Å²) in [6, 6.07) is 1.19. The fourth-order valence-electron chi connectivity index (χ4n) is 1.88. The van der Waals surface area contributed by atoms with Crippen molar-refractivity contribution in [2.45, 2.75) is 11.3 Å². The molecule has 2 rings (SSSR count). The SMILES string of the molecule is Cn1cc(S(=O)(=O)N2CC=CCC2)cc1C(=O)O. The molecule has 7 heteroatoms. The smallest absolute Gasteiger partial charge is 0.352 e. The summed E-state index contributed by atoms with van der Waals surface area (Å²) >= 11 is 0. The molecule has 0 fully saturated rings. The molecule has 0 amide bonds. The minimum Gasteiger partial charge on any atom is -0.477 e. The second-order valence-corrected chi connectivity index (χ2v) is 6.04. The molecular formula is C11H14N2O4S. The second-order valence-electron chi connectivity index (χ2n) is 4.10. The summed E-state index contributed by atoms with van der Waals surface area (Å²) in [7, 11) is -2.09. The highest BCUT2D eigenvalue weighted by molar-refractivity contribution is 7.89. The van der Waals surface area contributed by atoms with Crippen LogP contribution >= 0.6 is 0 Å². The number of nitrogens with zero attached hydrogens (tertiary/aromatic N) is 2. The van der Waals surface area contributed by atoms with Crippen molar-refractivity contribution >= 4 is 16.0 Å². The highest BCUT2D eigenvalue weighted by Gasteiger charge is 2.27. The molecule has 1 N–H and O–H groups in total. The standard InChI is InChI=1S/C11H14N2O4S/c1-12-8-9(7-10(12)11(14)15)18(16,17)13-5-3-2-4-6-13/h2-3,7-8H,4-6H2,1H3,(H,14,15). The van der Waals surface area contributed by atoms with E-state index in [1.165, 1.54) is 28.2 Å². The molecule has 1 aromatic rings. The number of hydrogen-bond acceptors (Lipinski definition) is 3. The minimum atomic E-state index is -3.60. The van der Waals surface area contributed by atoms with Crippen LogP contribution in [0.1, 0.15) is 16.9 Å². The Morgan fingerprint density at radius 1 is 1.39 bits per heavy atom. The zero-order chi connectivity index (χ0) is 13.3. The van der Waals surface area contributed by atoms with Gasteiger partial charge in [-0.05, 0) is 12.5 Å². The third kappa shape index (κ3) is 2.19. The molecule has 1 aromatic heterocycles. The monoisotopic (exact) mass is 270 g/mol. The fraction of sp³-hybridized carbons (Fsp3) is 0.364. The molecule has 2 heterocycles. The van der Waals surface area contributed by atoms with Crippen molar-refractivity contribution < 1.29 is 18.3 Å². The lowest BCUT2D eigenvalue weighted by Gasteiger charge is -2.21. The van der Waals surface area contributed by atoms with Gasteiger partial charge in [-0.2, -0.15) is 4.31 Å². The van der Waals surface area contributed by atoms with E-state index in [0.717, 1.165) is 0 Å². The van der Waals surface area contributed by atoms with Gasteiger partial charge in [0.2, 0.25) is 10.0 Å². The maximum Gasteiger partial charge on any atom is 0.352 e. The van der Waals surface area contributed by atoms with Gasteiger partial charge >= 0.3 is 5.97 Å². The minimum absolute atomic E-state index is 0.0256. The van der Waals surface area contributed by atoms with Gasteiger partial charge < -0.3 is 9.67 Å². The van der Waals surface area contributed by atoms with Gasteiger partial charge in [-0.1, -0.05) is 12.2 Å². The molecule has 0 atom stereocenters. The van der Waals surface area contributed by atoms with Gasteiger partial charge in [-0.15, -0.1) is 0 Å². The van der Waals surface area contributed by atoms with Gasteiger partial charge in [0.15, 0.2) is 0 Å². The van der Waals surface area contributed by atoms with Crippen LogP contribution in [0.25, 0.3) is 0 Å². The first-order chi connectivity index (χ1) is 8.43. The van der Waals surface area contributed by atoms with Crippen LogP contribution in [-0.4, -0.2) is 41.5 Å². The van der Waals surface area contributed by atoms with Gasteiger partial charge in [0, 0.05) is 26.3 Å².